The summed E-state index contributed by atoms with van der Waals surface area (Å²) in [7, 11) is 0. The van der Waals surface area contributed by atoms with Gasteiger partial charge in [-0.3, -0.25) is 0 Å². The van der Waals surface area contributed by atoms with E-state index in [4.69, 9.17) is 0 Å². The molecule has 15 heavy (non-hydrogen) atoms. The topological polar surface area (TPSA) is 29.9 Å². The van der Waals surface area contributed by atoms with Crippen LogP contribution < -0.4 is 5.32 Å². The molecular weight excluding hydrogens is 186 g/mol. The zero-order chi connectivity index (χ0) is 10.7. The van der Waals surface area contributed by atoms with Crippen LogP contribution in [0.1, 0.15) is 26.7 Å². The molecule has 84 valence electrons. The second-order valence-corrected chi connectivity index (χ2v) is 4.86. The van der Waals surface area contributed by atoms with Gasteiger partial charge in [-0.2, -0.15) is 0 Å². The number of hydrogen-bond donors (Lipinski definition) is 1. The second-order valence-electron chi connectivity index (χ2n) is 4.86. The van der Waals surface area contributed by atoms with Crippen LogP contribution in [0.5, 0.6) is 0 Å². The van der Waals surface area contributed by atoms with Crippen molar-refractivity contribution in [3.8, 4) is 0 Å². The summed E-state index contributed by atoms with van der Waals surface area (Å²) in [6.07, 6.45) is 8.56. The van der Waals surface area contributed by atoms with E-state index in [2.05, 4.69) is 28.7 Å². The van der Waals surface area contributed by atoms with Crippen LogP contribution in [-0.4, -0.2) is 22.1 Å². The highest BCUT2D eigenvalue weighted by Gasteiger charge is 2.32. The third kappa shape index (κ3) is 3.06. The lowest BCUT2D eigenvalue weighted by Crippen LogP contribution is -2.37. The second kappa shape index (κ2) is 4.79. The van der Waals surface area contributed by atoms with Crippen molar-refractivity contribution in [1.29, 1.82) is 0 Å². The maximum Gasteiger partial charge on any atom is 0.0946 e. The zero-order valence-electron chi connectivity index (χ0n) is 9.69. The minimum absolute atomic E-state index is 0.716. The lowest BCUT2D eigenvalue weighted by atomic mass is 10.00. The molecule has 1 aromatic heterocycles. The van der Waals surface area contributed by atoms with Crippen molar-refractivity contribution in [1.82, 2.24) is 14.9 Å². The van der Waals surface area contributed by atoms with E-state index in [0.717, 1.165) is 24.9 Å². The lowest BCUT2D eigenvalue weighted by Gasteiger charge is -2.22. The summed E-state index contributed by atoms with van der Waals surface area (Å²) in [4.78, 5) is 4.04. The Morgan fingerprint density at radius 2 is 2.27 bits per heavy atom. The van der Waals surface area contributed by atoms with E-state index >= 15 is 0 Å². The molecule has 0 amide bonds. The van der Waals surface area contributed by atoms with Crippen LogP contribution in [0.25, 0.3) is 0 Å². The Morgan fingerprint density at radius 3 is 2.80 bits per heavy atom. The molecule has 1 aromatic rings. The highest BCUT2D eigenvalue weighted by atomic mass is 15.1. The van der Waals surface area contributed by atoms with Gasteiger partial charge in [0, 0.05) is 31.5 Å². The summed E-state index contributed by atoms with van der Waals surface area (Å²) in [5.41, 5.74) is 0. The summed E-state index contributed by atoms with van der Waals surface area (Å²) < 4.78 is 2.12. The van der Waals surface area contributed by atoms with Crippen LogP contribution in [0, 0.1) is 11.8 Å². The Labute approximate surface area is 91.9 Å². The van der Waals surface area contributed by atoms with Gasteiger partial charge in [0.25, 0.3) is 0 Å². The Kier molecular flexibility index (Phi) is 3.41. The van der Waals surface area contributed by atoms with Crippen LogP contribution >= 0.6 is 0 Å². The first kappa shape index (κ1) is 10.7. The molecule has 1 unspecified atom stereocenters. The smallest absolute Gasteiger partial charge is 0.0946 e. The Bertz CT molecular complexity index is 273. The molecule has 0 saturated heterocycles. The third-order valence-electron chi connectivity index (χ3n) is 3.16. The van der Waals surface area contributed by atoms with Gasteiger partial charge in [0.1, 0.15) is 0 Å². The molecule has 3 heteroatoms. The summed E-state index contributed by atoms with van der Waals surface area (Å²) in [5, 5.41) is 3.67. The first-order valence-electron chi connectivity index (χ1n) is 5.96. The van der Waals surface area contributed by atoms with Gasteiger partial charge < -0.3 is 9.88 Å². The number of aromatic nitrogens is 2. The molecular formula is C12H21N3. The lowest BCUT2D eigenvalue weighted by molar-refractivity contribution is 0.355. The van der Waals surface area contributed by atoms with E-state index in [1.165, 1.54) is 12.8 Å². The SMILES string of the molecule is CC(C)C(NCCn1ccnc1)C1CC1. The van der Waals surface area contributed by atoms with Gasteiger partial charge in [0.05, 0.1) is 6.33 Å². The van der Waals surface area contributed by atoms with E-state index in [0.29, 0.717) is 6.04 Å². The van der Waals surface area contributed by atoms with Crippen molar-refractivity contribution < 1.29 is 0 Å². The molecule has 1 atom stereocenters. The molecule has 1 saturated carbocycles. The van der Waals surface area contributed by atoms with Crippen molar-refractivity contribution in [2.75, 3.05) is 6.54 Å². The zero-order valence-corrected chi connectivity index (χ0v) is 9.69. The summed E-state index contributed by atoms with van der Waals surface area (Å²) in [5.74, 6) is 1.69. The Morgan fingerprint density at radius 1 is 1.47 bits per heavy atom. The van der Waals surface area contributed by atoms with Crippen molar-refractivity contribution in [2.45, 2.75) is 39.3 Å². The maximum atomic E-state index is 4.04. The van der Waals surface area contributed by atoms with Crippen molar-refractivity contribution >= 4 is 0 Å². The fourth-order valence-corrected chi connectivity index (χ4v) is 2.18. The predicted molar refractivity (Wildman–Crippen MR) is 61.6 cm³/mol. The summed E-state index contributed by atoms with van der Waals surface area (Å²) >= 11 is 0. The van der Waals surface area contributed by atoms with Crippen LogP contribution in [-0.2, 0) is 6.54 Å². The largest absolute Gasteiger partial charge is 0.336 e. The number of imidazole rings is 1. The summed E-state index contributed by atoms with van der Waals surface area (Å²) in [6.45, 7) is 6.70. The monoisotopic (exact) mass is 207 g/mol. The van der Waals surface area contributed by atoms with E-state index in [1.807, 2.05) is 18.7 Å². The fourth-order valence-electron chi connectivity index (χ4n) is 2.18. The average molecular weight is 207 g/mol. The molecule has 1 aliphatic carbocycles. The van der Waals surface area contributed by atoms with Crippen LogP contribution in [0.15, 0.2) is 18.7 Å². The highest BCUT2D eigenvalue weighted by Crippen LogP contribution is 2.35. The first-order valence-corrected chi connectivity index (χ1v) is 5.96. The number of nitrogens with zero attached hydrogens (tertiary/aromatic N) is 2. The maximum absolute atomic E-state index is 4.04. The van der Waals surface area contributed by atoms with Crippen molar-refractivity contribution in [2.24, 2.45) is 11.8 Å². The normalized spacial score (nSPS) is 18.3. The first-order chi connectivity index (χ1) is 7.27. The fraction of sp³-hybridized carbons (Fsp3) is 0.750. The molecule has 0 radical (unpaired) electrons. The van der Waals surface area contributed by atoms with Gasteiger partial charge in [0.15, 0.2) is 0 Å². The van der Waals surface area contributed by atoms with Gasteiger partial charge in [-0.15, -0.1) is 0 Å². The van der Waals surface area contributed by atoms with Gasteiger partial charge in [0.2, 0.25) is 0 Å². The molecule has 0 aliphatic heterocycles. The minimum Gasteiger partial charge on any atom is -0.336 e. The molecule has 1 fully saturated rings. The molecule has 0 aromatic carbocycles. The molecule has 1 heterocycles. The molecule has 0 spiro atoms. The molecule has 3 nitrogen and oxygen atoms in total. The standard InChI is InChI=1S/C12H21N3/c1-10(2)12(11-3-4-11)14-6-8-15-7-5-13-9-15/h5,7,9-12,14H,3-4,6,8H2,1-2H3. The van der Waals surface area contributed by atoms with Gasteiger partial charge in [-0.25, -0.2) is 4.98 Å². The van der Waals surface area contributed by atoms with Crippen LogP contribution in [0.2, 0.25) is 0 Å². The molecule has 2 rings (SSSR count). The van der Waals surface area contributed by atoms with Gasteiger partial charge >= 0.3 is 0 Å². The van der Waals surface area contributed by atoms with E-state index in [9.17, 15) is 0 Å². The van der Waals surface area contributed by atoms with Gasteiger partial charge in [-0.1, -0.05) is 13.8 Å². The van der Waals surface area contributed by atoms with Crippen molar-refractivity contribution in [3.63, 3.8) is 0 Å². The minimum atomic E-state index is 0.716. The van der Waals surface area contributed by atoms with E-state index < -0.39 is 0 Å². The summed E-state index contributed by atoms with van der Waals surface area (Å²) in [6, 6.07) is 0.716. The third-order valence-corrected chi connectivity index (χ3v) is 3.16. The van der Waals surface area contributed by atoms with Crippen LogP contribution in [0.3, 0.4) is 0 Å². The Balaban J connectivity index is 1.71. The molecule has 1 aliphatic rings. The predicted octanol–water partition coefficient (Wildman–Crippen LogP) is 1.91. The Hall–Kier alpha value is -0.830. The van der Waals surface area contributed by atoms with Crippen molar-refractivity contribution in [3.05, 3.63) is 18.7 Å². The van der Waals surface area contributed by atoms with E-state index in [-0.39, 0.29) is 0 Å². The van der Waals surface area contributed by atoms with Crippen LogP contribution in [0.4, 0.5) is 0 Å². The average Bonchev–Trinajstić information content (AvgIpc) is 2.89. The number of hydrogen-bond acceptors (Lipinski definition) is 2. The quantitative estimate of drug-likeness (QED) is 0.772. The molecule has 1 N–H and O–H groups in total. The van der Waals surface area contributed by atoms with E-state index in [1.54, 1.807) is 0 Å². The van der Waals surface area contributed by atoms with Gasteiger partial charge in [-0.05, 0) is 24.7 Å². The number of rotatable bonds is 6. The molecule has 0 bridgehead atoms. The highest BCUT2D eigenvalue weighted by molar-refractivity contribution is 4.88. The number of nitrogens with one attached hydrogen (secondary N) is 1.